The molecular formula is C34H69NO4. The quantitative estimate of drug-likeness (QED) is 0.0644. The molecule has 0 aromatic heterocycles. The van der Waals surface area contributed by atoms with Gasteiger partial charge in [-0.05, 0) is 12.8 Å². The maximum atomic E-state index is 12.3. The van der Waals surface area contributed by atoms with E-state index in [1.54, 1.807) is 0 Å². The lowest BCUT2D eigenvalue weighted by Crippen LogP contribution is -2.49. The molecule has 0 aromatic rings. The zero-order valence-electron chi connectivity index (χ0n) is 26.3. The summed E-state index contributed by atoms with van der Waals surface area (Å²) in [6.45, 7) is 4.19. The van der Waals surface area contributed by atoms with Gasteiger partial charge in [0, 0.05) is 0 Å². The summed E-state index contributed by atoms with van der Waals surface area (Å²) in [4.78, 5) is 12.3. The molecule has 1 amide bonds. The van der Waals surface area contributed by atoms with Crippen molar-refractivity contribution in [3.63, 3.8) is 0 Å². The second kappa shape index (κ2) is 30.3. The van der Waals surface area contributed by atoms with Crippen molar-refractivity contribution in [2.75, 3.05) is 6.61 Å². The molecule has 0 rings (SSSR count). The maximum absolute atomic E-state index is 12.3. The minimum atomic E-state index is -1.06. The van der Waals surface area contributed by atoms with Crippen molar-refractivity contribution < 1.29 is 20.1 Å². The number of unbranched alkanes of at least 4 members (excludes halogenated alkanes) is 23. The zero-order chi connectivity index (χ0) is 28.8. The Labute approximate surface area is 243 Å². The van der Waals surface area contributed by atoms with Crippen molar-refractivity contribution in [1.82, 2.24) is 5.32 Å². The number of rotatable bonds is 31. The van der Waals surface area contributed by atoms with Crippen molar-refractivity contribution in [2.45, 2.75) is 205 Å². The summed E-state index contributed by atoms with van der Waals surface area (Å²) in [6.07, 6.45) is 30.9. The van der Waals surface area contributed by atoms with E-state index in [0.29, 0.717) is 12.8 Å². The van der Waals surface area contributed by atoms with E-state index in [4.69, 9.17) is 0 Å². The number of carbonyl (C=O) groups excluding carboxylic acids is 1. The molecule has 0 bridgehead atoms. The fraction of sp³-hybridized carbons (Fsp3) is 0.971. The highest BCUT2D eigenvalue weighted by molar-refractivity contribution is 5.80. The highest BCUT2D eigenvalue weighted by Gasteiger charge is 2.23. The van der Waals surface area contributed by atoms with E-state index >= 15 is 0 Å². The van der Waals surface area contributed by atoms with Crippen LogP contribution in [0.3, 0.4) is 0 Å². The van der Waals surface area contributed by atoms with Gasteiger partial charge in [0.2, 0.25) is 5.91 Å². The predicted molar refractivity (Wildman–Crippen MR) is 167 cm³/mol. The second-order valence-electron chi connectivity index (χ2n) is 12.1. The first-order valence-electron chi connectivity index (χ1n) is 17.3. The number of hydrogen-bond acceptors (Lipinski definition) is 4. The van der Waals surface area contributed by atoms with Crippen LogP contribution >= 0.6 is 0 Å². The van der Waals surface area contributed by atoms with Crippen LogP contribution in [0.5, 0.6) is 0 Å². The normalized spacial score (nSPS) is 13.9. The van der Waals surface area contributed by atoms with Gasteiger partial charge in [-0.25, -0.2) is 0 Å². The molecule has 0 aliphatic carbocycles. The Balaban J connectivity index is 3.65. The SMILES string of the molecule is CCCCCCCCCCCCCCCCCCC(O)C(CO)NC(=O)C(O)CCCCCCCCCCC. The first-order valence-corrected chi connectivity index (χ1v) is 17.3. The summed E-state index contributed by atoms with van der Waals surface area (Å²) in [5.41, 5.74) is 0. The lowest BCUT2D eigenvalue weighted by molar-refractivity contribution is -0.131. The van der Waals surface area contributed by atoms with Crippen LogP contribution in [0.2, 0.25) is 0 Å². The van der Waals surface area contributed by atoms with Crippen molar-refractivity contribution in [2.24, 2.45) is 0 Å². The molecule has 3 unspecified atom stereocenters. The van der Waals surface area contributed by atoms with Gasteiger partial charge in [0.1, 0.15) is 6.10 Å². The highest BCUT2D eigenvalue weighted by Crippen LogP contribution is 2.15. The van der Waals surface area contributed by atoms with Crippen LogP contribution in [-0.4, -0.2) is 46.1 Å². The molecule has 0 aliphatic heterocycles. The molecule has 5 nitrogen and oxygen atoms in total. The molecule has 39 heavy (non-hydrogen) atoms. The highest BCUT2D eigenvalue weighted by atomic mass is 16.3. The van der Waals surface area contributed by atoms with Crippen molar-refractivity contribution >= 4 is 5.91 Å². The Morgan fingerprint density at radius 3 is 1.15 bits per heavy atom. The van der Waals surface area contributed by atoms with Crippen LogP contribution in [-0.2, 0) is 4.79 Å². The minimum absolute atomic E-state index is 0.309. The second-order valence-corrected chi connectivity index (χ2v) is 12.1. The summed E-state index contributed by atoms with van der Waals surface area (Å²) in [5, 5.41) is 33.0. The molecule has 0 heterocycles. The van der Waals surface area contributed by atoms with Gasteiger partial charge in [-0.1, -0.05) is 174 Å². The molecule has 0 aromatic carbocycles. The summed E-state index contributed by atoms with van der Waals surface area (Å²) in [7, 11) is 0. The maximum Gasteiger partial charge on any atom is 0.249 e. The van der Waals surface area contributed by atoms with E-state index in [2.05, 4.69) is 19.2 Å². The fourth-order valence-corrected chi connectivity index (χ4v) is 5.42. The molecule has 0 saturated heterocycles. The van der Waals surface area contributed by atoms with Gasteiger partial charge in [-0.15, -0.1) is 0 Å². The first-order chi connectivity index (χ1) is 19.1. The van der Waals surface area contributed by atoms with Gasteiger partial charge < -0.3 is 20.6 Å². The van der Waals surface area contributed by atoms with Crippen LogP contribution in [0.15, 0.2) is 0 Å². The van der Waals surface area contributed by atoms with Crippen LogP contribution in [0.4, 0.5) is 0 Å². The lowest BCUT2D eigenvalue weighted by atomic mass is 10.0. The fourth-order valence-electron chi connectivity index (χ4n) is 5.42. The van der Waals surface area contributed by atoms with Gasteiger partial charge in [0.05, 0.1) is 18.8 Å². The van der Waals surface area contributed by atoms with Gasteiger partial charge in [0.15, 0.2) is 0 Å². The van der Waals surface area contributed by atoms with Crippen LogP contribution in [0.25, 0.3) is 0 Å². The number of aliphatic hydroxyl groups is 3. The largest absolute Gasteiger partial charge is 0.394 e. The van der Waals surface area contributed by atoms with Crippen LogP contribution in [0, 0.1) is 0 Å². The van der Waals surface area contributed by atoms with E-state index in [1.807, 2.05) is 0 Å². The summed E-state index contributed by atoms with van der Waals surface area (Å²) in [5.74, 6) is -0.473. The number of nitrogens with one attached hydrogen (secondary N) is 1. The first kappa shape index (κ1) is 38.4. The third-order valence-electron chi connectivity index (χ3n) is 8.23. The molecule has 3 atom stereocenters. The molecule has 0 spiro atoms. The van der Waals surface area contributed by atoms with Crippen molar-refractivity contribution in [3.8, 4) is 0 Å². The summed E-state index contributed by atoms with van der Waals surface area (Å²) < 4.78 is 0. The molecule has 0 fully saturated rings. The third kappa shape index (κ3) is 26.0. The van der Waals surface area contributed by atoms with Crippen LogP contribution in [0.1, 0.15) is 187 Å². The molecule has 0 radical (unpaired) electrons. The van der Waals surface area contributed by atoms with Gasteiger partial charge in [-0.2, -0.15) is 0 Å². The van der Waals surface area contributed by atoms with Crippen molar-refractivity contribution in [3.05, 3.63) is 0 Å². The number of hydrogen-bond donors (Lipinski definition) is 4. The average molecular weight is 556 g/mol. The average Bonchev–Trinajstić information content (AvgIpc) is 2.94. The summed E-state index contributed by atoms with van der Waals surface area (Å²) in [6, 6.07) is -0.702. The molecule has 0 saturated carbocycles. The zero-order valence-corrected chi connectivity index (χ0v) is 26.3. The monoisotopic (exact) mass is 556 g/mol. The smallest absolute Gasteiger partial charge is 0.249 e. The van der Waals surface area contributed by atoms with Gasteiger partial charge in [0.25, 0.3) is 0 Å². The lowest BCUT2D eigenvalue weighted by Gasteiger charge is -2.23. The standard InChI is InChI=1S/C34H69NO4/c1-3-5-7-9-11-13-14-15-16-17-18-19-21-22-24-26-28-32(37)31(30-36)35-34(39)33(38)29-27-25-23-20-12-10-8-6-4-2/h31-33,36-38H,3-30H2,1-2H3,(H,35,39). The Morgan fingerprint density at radius 2 is 0.821 bits per heavy atom. The van der Waals surface area contributed by atoms with Crippen LogP contribution < -0.4 is 5.32 Å². The van der Waals surface area contributed by atoms with E-state index in [0.717, 1.165) is 32.1 Å². The molecule has 5 heteroatoms. The Kier molecular flexibility index (Phi) is 29.8. The van der Waals surface area contributed by atoms with Gasteiger partial charge in [-0.3, -0.25) is 4.79 Å². The van der Waals surface area contributed by atoms with E-state index in [1.165, 1.54) is 128 Å². The third-order valence-corrected chi connectivity index (χ3v) is 8.23. The molecule has 234 valence electrons. The van der Waals surface area contributed by atoms with E-state index in [9.17, 15) is 20.1 Å². The molecular weight excluding hydrogens is 486 g/mol. The topological polar surface area (TPSA) is 89.8 Å². The Bertz CT molecular complexity index is 502. The van der Waals surface area contributed by atoms with Gasteiger partial charge >= 0.3 is 0 Å². The number of amides is 1. The Morgan fingerprint density at radius 1 is 0.513 bits per heavy atom. The predicted octanol–water partition coefficient (Wildman–Crippen LogP) is 8.76. The van der Waals surface area contributed by atoms with E-state index in [-0.39, 0.29) is 6.61 Å². The number of carbonyl (C=O) groups is 1. The Hall–Kier alpha value is -0.650. The minimum Gasteiger partial charge on any atom is -0.394 e. The van der Waals surface area contributed by atoms with Crippen molar-refractivity contribution in [1.29, 1.82) is 0 Å². The summed E-state index contributed by atoms with van der Waals surface area (Å²) >= 11 is 0. The number of aliphatic hydroxyl groups excluding tert-OH is 3. The molecule has 4 N–H and O–H groups in total. The van der Waals surface area contributed by atoms with E-state index < -0.39 is 24.2 Å². The molecule has 0 aliphatic rings.